The molecule has 1 aliphatic rings. The maximum Gasteiger partial charge on any atom is 0.246 e. The number of hydrogen-bond acceptors (Lipinski definition) is 3. The fourth-order valence-corrected chi connectivity index (χ4v) is 3.91. The molecule has 96 valence electrons. The summed E-state index contributed by atoms with van der Waals surface area (Å²) in [4.78, 5) is 0.270. The van der Waals surface area contributed by atoms with Crippen molar-refractivity contribution in [3.63, 3.8) is 0 Å². The van der Waals surface area contributed by atoms with Crippen LogP contribution in [0.5, 0.6) is 0 Å². The number of aromatic nitrogens is 2. The lowest BCUT2D eigenvalue weighted by molar-refractivity contribution is 0.453. The minimum atomic E-state index is -3.36. The van der Waals surface area contributed by atoms with Gasteiger partial charge in [-0.15, -0.1) is 11.6 Å². The maximum atomic E-state index is 12.2. The van der Waals surface area contributed by atoms with Gasteiger partial charge in [0.15, 0.2) is 0 Å². The highest BCUT2D eigenvalue weighted by Gasteiger charge is 2.32. The Balaban J connectivity index is 2.13. The summed E-state index contributed by atoms with van der Waals surface area (Å²) in [5.41, 5.74) is 0. The zero-order valence-corrected chi connectivity index (χ0v) is 11.3. The van der Waals surface area contributed by atoms with E-state index < -0.39 is 10.0 Å². The van der Waals surface area contributed by atoms with Crippen molar-refractivity contribution in [3.05, 3.63) is 12.4 Å². The van der Waals surface area contributed by atoms with Gasteiger partial charge in [-0.3, -0.25) is 4.68 Å². The van der Waals surface area contributed by atoms with Gasteiger partial charge in [0.1, 0.15) is 4.90 Å². The molecule has 0 N–H and O–H groups in total. The first kappa shape index (κ1) is 12.9. The molecule has 0 aromatic carbocycles. The van der Waals surface area contributed by atoms with Crippen LogP contribution >= 0.6 is 11.6 Å². The van der Waals surface area contributed by atoms with Crippen LogP contribution in [0.4, 0.5) is 0 Å². The number of halogens is 1. The van der Waals surface area contributed by atoms with E-state index in [0.29, 0.717) is 24.9 Å². The molecule has 1 fully saturated rings. The fourth-order valence-electron chi connectivity index (χ4n) is 2.09. The van der Waals surface area contributed by atoms with Gasteiger partial charge in [-0.2, -0.15) is 9.40 Å². The van der Waals surface area contributed by atoms with Crippen molar-refractivity contribution >= 4 is 21.6 Å². The smallest absolute Gasteiger partial charge is 0.246 e. The molecule has 1 atom stereocenters. The van der Waals surface area contributed by atoms with Crippen LogP contribution in [0.15, 0.2) is 17.3 Å². The highest BCUT2D eigenvalue weighted by molar-refractivity contribution is 7.89. The molecule has 1 unspecified atom stereocenters. The van der Waals surface area contributed by atoms with Crippen LogP contribution in [0.2, 0.25) is 0 Å². The third kappa shape index (κ3) is 2.64. The van der Waals surface area contributed by atoms with E-state index in [4.69, 9.17) is 11.6 Å². The molecule has 2 heterocycles. The summed E-state index contributed by atoms with van der Waals surface area (Å²) in [6.45, 7) is 1.16. The van der Waals surface area contributed by atoms with Crippen molar-refractivity contribution in [2.75, 3.05) is 19.0 Å². The summed E-state index contributed by atoms with van der Waals surface area (Å²) in [6.07, 6.45) is 4.70. The first-order chi connectivity index (χ1) is 8.04. The predicted octanol–water partition coefficient (Wildman–Crippen LogP) is 1.06. The second-order valence-electron chi connectivity index (χ2n) is 4.35. The van der Waals surface area contributed by atoms with Gasteiger partial charge in [0.05, 0.1) is 6.20 Å². The van der Waals surface area contributed by atoms with Crippen molar-refractivity contribution in [2.24, 2.45) is 13.0 Å². The van der Waals surface area contributed by atoms with E-state index in [2.05, 4.69) is 5.10 Å². The van der Waals surface area contributed by atoms with Crippen molar-refractivity contribution in [1.29, 1.82) is 0 Å². The summed E-state index contributed by atoms with van der Waals surface area (Å²) in [7, 11) is -1.65. The van der Waals surface area contributed by atoms with E-state index in [0.717, 1.165) is 12.8 Å². The van der Waals surface area contributed by atoms with Gasteiger partial charge >= 0.3 is 0 Å². The summed E-state index contributed by atoms with van der Waals surface area (Å²) in [6, 6.07) is 0. The van der Waals surface area contributed by atoms with Gasteiger partial charge in [0.25, 0.3) is 0 Å². The Bertz CT molecular complexity index is 485. The molecule has 7 heteroatoms. The number of nitrogens with zero attached hydrogens (tertiary/aromatic N) is 3. The Hall–Kier alpha value is -0.590. The topological polar surface area (TPSA) is 55.2 Å². The van der Waals surface area contributed by atoms with E-state index in [-0.39, 0.29) is 4.90 Å². The Morgan fingerprint density at radius 3 is 2.94 bits per heavy atom. The van der Waals surface area contributed by atoms with Gasteiger partial charge in [-0.05, 0) is 18.8 Å². The second kappa shape index (κ2) is 4.96. The average molecular weight is 278 g/mol. The molecular weight excluding hydrogens is 262 g/mol. The summed E-state index contributed by atoms with van der Waals surface area (Å²) < 4.78 is 27.5. The van der Waals surface area contributed by atoms with Crippen molar-refractivity contribution < 1.29 is 8.42 Å². The Morgan fingerprint density at radius 1 is 1.59 bits per heavy atom. The van der Waals surface area contributed by atoms with Crippen LogP contribution in [-0.2, 0) is 17.1 Å². The Labute approximate surface area is 106 Å². The van der Waals surface area contributed by atoms with Crippen LogP contribution in [0, 0.1) is 5.92 Å². The van der Waals surface area contributed by atoms with E-state index in [9.17, 15) is 8.42 Å². The van der Waals surface area contributed by atoms with Crippen LogP contribution in [-0.4, -0.2) is 41.5 Å². The standard InChI is InChI=1S/C10H16ClN3O2S/c1-13-8-10(6-12-13)17(15,16)14-5-3-9(7-14)2-4-11/h6,8-9H,2-5,7H2,1H3. The molecule has 0 saturated carbocycles. The number of alkyl halides is 1. The van der Waals surface area contributed by atoms with Crippen LogP contribution in [0.3, 0.4) is 0 Å². The fraction of sp³-hybridized carbons (Fsp3) is 0.700. The SMILES string of the molecule is Cn1cc(S(=O)(=O)N2CCC(CCCl)C2)cn1. The molecule has 2 rings (SSSR count). The molecule has 1 saturated heterocycles. The van der Waals surface area contributed by atoms with E-state index in [1.807, 2.05) is 0 Å². The molecule has 0 amide bonds. The lowest BCUT2D eigenvalue weighted by Gasteiger charge is -2.14. The van der Waals surface area contributed by atoms with Gasteiger partial charge < -0.3 is 0 Å². The van der Waals surface area contributed by atoms with Gasteiger partial charge in [-0.25, -0.2) is 8.42 Å². The molecule has 0 spiro atoms. The summed E-state index contributed by atoms with van der Waals surface area (Å²) in [5.74, 6) is 0.977. The lowest BCUT2D eigenvalue weighted by Crippen LogP contribution is -2.28. The molecule has 0 aliphatic carbocycles. The quantitative estimate of drug-likeness (QED) is 0.774. The predicted molar refractivity (Wildman–Crippen MR) is 65.4 cm³/mol. The molecule has 0 bridgehead atoms. The highest BCUT2D eigenvalue weighted by Crippen LogP contribution is 2.25. The van der Waals surface area contributed by atoms with E-state index >= 15 is 0 Å². The van der Waals surface area contributed by atoms with Crippen molar-refractivity contribution in [3.8, 4) is 0 Å². The lowest BCUT2D eigenvalue weighted by atomic mass is 10.1. The third-order valence-electron chi connectivity index (χ3n) is 3.08. The average Bonchev–Trinajstić information content (AvgIpc) is 2.88. The minimum Gasteiger partial charge on any atom is -0.274 e. The van der Waals surface area contributed by atoms with Crippen LogP contribution in [0.25, 0.3) is 0 Å². The third-order valence-corrected chi connectivity index (χ3v) is 5.12. The van der Waals surface area contributed by atoms with Crippen molar-refractivity contribution in [1.82, 2.24) is 14.1 Å². The monoisotopic (exact) mass is 277 g/mol. The first-order valence-corrected chi connectivity index (χ1v) is 7.56. The van der Waals surface area contributed by atoms with Gasteiger partial charge in [-0.1, -0.05) is 0 Å². The molecule has 17 heavy (non-hydrogen) atoms. The highest BCUT2D eigenvalue weighted by atomic mass is 35.5. The zero-order valence-electron chi connectivity index (χ0n) is 9.71. The van der Waals surface area contributed by atoms with Crippen LogP contribution in [0.1, 0.15) is 12.8 Å². The van der Waals surface area contributed by atoms with E-state index in [1.165, 1.54) is 21.4 Å². The Kier molecular flexibility index (Phi) is 3.75. The number of rotatable bonds is 4. The van der Waals surface area contributed by atoms with E-state index in [1.54, 1.807) is 7.05 Å². The largest absolute Gasteiger partial charge is 0.274 e. The summed E-state index contributed by atoms with van der Waals surface area (Å²) in [5, 5.41) is 3.90. The number of aryl methyl sites for hydroxylation is 1. The minimum absolute atomic E-state index is 0.270. The normalized spacial score (nSPS) is 22.1. The molecule has 1 aromatic heterocycles. The molecule has 1 aromatic rings. The van der Waals surface area contributed by atoms with Crippen LogP contribution < -0.4 is 0 Å². The molecule has 0 radical (unpaired) electrons. The summed E-state index contributed by atoms with van der Waals surface area (Å²) >= 11 is 5.68. The first-order valence-electron chi connectivity index (χ1n) is 5.59. The molecule has 5 nitrogen and oxygen atoms in total. The van der Waals surface area contributed by atoms with Crippen molar-refractivity contribution in [2.45, 2.75) is 17.7 Å². The zero-order chi connectivity index (χ0) is 12.5. The van der Waals surface area contributed by atoms with Gasteiger partial charge in [0.2, 0.25) is 10.0 Å². The van der Waals surface area contributed by atoms with Gasteiger partial charge in [0, 0.05) is 32.2 Å². The number of hydrogen-bond donors (Lipinski definition) is 0. The molecule has 1 aliphatic heterocycles. The Morgan fingerprint density at radius 2 is 2.35 bits per heavy atom. The molecular formula is C10H16ClN3O2S. The second-order valence-corrected chi connectivity index (χ2v) is 6.66. The number of sulfonamides is 1. The maximum absolute atomic E-state index is 12.2.